The zero-order valence-electron chi connectivity index (χ0n) is 36.5. The van der Waals surface area contributed by atoms with Crippen LogP contribution in [0.1, 0.15) is 64.5 Å². The van der Waals surface area contributed by atoms with Crippen LogP contribution in [0.5, 0.6) is 11.8 Å². The van der Waals surface area contributed by atoms with Crippen molar-refractivity contribution in [2.75, 3.05) is 76.5 Å². The second-order valence-corrected chi connectivity index (χ2v) is 17.3. The van der Waals surface area contributed by atoms with Crippen molar-refractivity contribution in [1.82, 2.24) is 59.3 Å². The smallest absolute Gasteiger partial charge is 0.270 e. The number of ether oxygens (including phenoxy) is 4. The van der Waals surface area contributed by atoms with Crippen LogP contribution >= 0.6 is 23.2 Å². The number of aromatic nitrogens is 10. The Bertz CT molecular complexity index is 2410. The lowest BCUT2D eigenvalue weighted by Crippen LogP contribution is -2.49. The normalized spacial score (nSPS) is 23.6. The van der Waals surface area contributed by atoms with E-state index in [2.05, 4.69) is 60.5 Å². The Morgan fingerprint density at radius 2 is 1.08 bits per heavy atom. The summed E-state index contributed by atoms with van der Waals surface area (Å²) < 4.78 is 84.3. The molecule has 18 nitrogen and oxygen atoms in total. The summed E-state index contributed by atoms with van der Waals surface area (Å²) in [6.07, 6.45) is 7.36. The highest BCUT2D eigenvalue weighted by atomic mass is 35.5. The molecule has 0 radical (unpaired) electrons. The van der Waals surface area contributed by atoms with E-state index in [0.717, 1.165) is 37.0 Å². The quantitative estimate of drug-likeness (QED) is 0.0864. The summed E-state index contributed by atoms with van der Waals surface area (Å²) in [4.78, 5) is 28.1. The van der Waals surface area contributed by atoms with Crippen molar-refractivity contribution >= 4 is 68.5 Å². The van der Waals surface area contributed by atoms with Crippen molar-refractivity contribution in [2.45, 2.75) is 88.4 Å². The Labute approximate surface area is 387 Å². The Morgan fingerprint density at radius 1 is 0.667 bits per heavy atom. The van der Waals surface area contributed by atoms with E-state index in [1.54, 1.807) is 12.4 Å². The third kappa shape index (κ3) is 9.71. The van der Waals surface area contributed by atoms with Gasteiger partial charge in [-0.1, -0.05) is 23.2 Å². The molecule has 2 saturated carbocycles. The average molecular weight is 964 g/mol. The summed E-state index contributed by atoms with van der Waals surface area (Å²) in [7, 11) is 0. The molecule has 66 heavy (non-hydrogen) atoms. The Hall–Kier alpha value is -5.00. The van der Waals surface area contributed by atoms with Gasteiger partial charge in [0.15, 0.2) is 10.3 Å². The lowest BCUT2D eigenvalue weighted by Gasteiger charge is -2.42. The average Bonchev–Trinajstić information content (AvgIpc) is 4.14. The Balaban J connectivity index is 0.000000166. The molecule has 4 atom stereocenters. The number of hydrogen-bond donors (Lipinski definition) is 4. The number of fused-ring (bicyclic) bond motifs is 2. The first-order chi connectivity index (χ1) is 31.9. The zero-order valence-corrected chi connectivity index (χ0v) is 38.0. The minimum atomic E-state index is -2.91. The molecule has 356 valence electrons. The summed E-state index contributed by atoms with van der Waals surface area (Å²) in [5.74, 6) is -4.51. The first kappa shape index (κ1) is 46.1. The molecule has 10 rings (SSSR count). The minimum Gasteiger partial charge on any atom is -0.477 e. The van der Waals surface area contributed by atoms with Gasteiger partial charge in [0.25, 0.3) is 11.8 Å². The van der Waals surface area contributed by atoms with Gasteiger partial charge in [0.1, 0.15) is 23.4 Å². The predicted octanol–water partition coefficient (Wildman–Crippen LogP) is 8.02. The summed E-state index contributed by atoms with van der Waals surface area (Å²) in [5, 5.41) is 16.1. The molecule has 0 bridgehead atoms. The van der Waals surface area contributed by atoms with Crippen molar-refractivity contribution in [1.29, 1.82) is 0 Å². The van der Waals surface area contributed by atoms with Gasteiger partial charge in [-0.2, -0.15) is 30.1 Å². The van der Waals surface area contributed by atoms with Gasteiger partial charge in [-0.3, -0.25) is 9.80 Å². The van der Waals surface area contributed by atoms with E-state index in [-0.39, 0.29) is 60.0 Å². The van der Waals surface area contributed by atoms with E-state index in [1.807, 2.05) is 26.0 Å². The number of alkyl halides is 4. The maximum Gasteiger partial charge on any atom is 0.270 e. The van der Waals surface area contributed by atoms with Crippen molar-refractivity contribution in [2.24, 2.45) is 0 Å². The molecule has 2 saturated heterocycles. The number of rotatable bonds is 12. The second kappa shape index (κ2) is 19.7. The molecular formula is C42H52Cl2F4N14O4. The summed E-state index contributed by atoms with van der Waals surface area (Å²) in [6.45, 7) is 10.1. The fourth-order valence-electron chi connectivity index (χ4n) is 9.22. The molecule has 4 unspecified atom stereocenters. The molecule has 2 aliphatic carbocycles. The van der Waals surface area contributed by atoms with Gasteiger partial charge in [0.2, 0.25) is 23.7 Å². The minimum absolute atomic E-state index is 0.0440. The fraction of sp³-hybridized carbons (Fsp3) is 0.571. The first-order valence-corrected chi connectivity index (χ1v) is 23.0. The van der Waals surface area contributed by atoms with Gasteiger partial charge in [0.05, 0.1) is 74.2 Å². The van der Waals surface area contributed by atoms with Crippen molar-refractivity contribution in [3.8, 4) is 11.8 Å². The van der Waals surface area contributed by atoms with E-state index in [1.165, 1.54) is 21.8 Å². The van der Waals surface area contributed by atoms with E-state index < -0.39 is 23.9 Å². The van der Waals surface area contributed by atoms with Crippen LogP contribution in [0.3, 0.4) is 0 Å². The highest BCUT2D eigenvalue weighted by Gasteiger charge is 2.49. The maximum atomic E-state index is 15.0. The maximum absolute atomic E-state index is 15.0. The fourth-order valence-corrected chi connectivity index (χ4v) is 9.74. The van der Waals surface area contributed by atoms with Crippen molar-refractivity contribution in [3.05, 3.63) is 47.2 Å². The van der Waals surface area contributed by atoms with Crippen LogP contribution in [-0.4, -0.2) is 149 Å². The van der Waals surface area contributed by atoms with Gasteiger partial charge in [0, 0.05) is 63.5 Å². The highest BCUT2D eigenvalue weighted by Crippen LogP contribution is 2.47. The molecule has 0 amide bonds. The van der Waals surface area contributed by atoms with Crippen LogP contribution < -0.4 is 20.1 Å². The largest absolute Gasteiger partial charge is 0.477 e. The van der Waals surface area contributed by atoms with Crippen LogP contribution in [0.4, 0.5) is 40.8 Å². The molecule has 2 aliphatic heterocycles. The third-order valence-corrected chi connectivity index (χ3v) is 13.3. The lowest BCUT2D eigenvalue weighted by atomic mass is 9.86. The standard InChI is InChI=1S/2C21H26ClF2N7O2/c2*1-2-33-19-14-4-6-25-18(14)28-20(29-19)27-15-12-26-31(17(15)22)16-11-13(3-5-21(16,23)24)30-7-9-32-10-8-30/h2*4,6,12-13,16H,2-3,5,7-11H2,1H3,(H2,25,27,28,29). The van der Waals surface area contributed by atoms with Crippen LogP contribution in [-0.2, 0) is 9.47 Å². The number of nitrogens with one attached hydrogen (secondary N) is 4. The Morgan fingerprint density at radius 3 is 1.47 bits per heavy atom. The van der Waals surface area contributed by atoms with E-state index in [4.69, 9.17) is 42.1 Å². The van der Waals surface area contributed by atoms with Crippen LogP contribution in [0.25, 0.3) is 22.1 Å². The molecule has 8 heterocycles. The molecule has 0 aromatic carbocycles. The van der Waals surface area contributed by atoms with Gasteiger partial charge in [-0.15, -0.1) is 0 Å². The lowest BCUT2D eigenvalue weighted by molar-refractivity contribution is -0.107. The van der Waals surface area contributed by atoms with Crippen molar-refractivity contribution in [3.63, 3.8) is 0 Å². The monoisotopic (exact) mass is 962 g/mol. The number of morpholine rings is 2. The van der Waals surface area contributed by atoms with E-state index in [0.29, 0.717) is 86.9 Å². The van der Waals surface area contributed by atoms with Crippen LogP contribution in [0, 0.1) is 0 Å². The molecule has 4 fully saturated rings. The topological polar surface area (TPSA) is 186 Å². The van der Waals surface area contributed by atoms with Gasteiger partial charge in [-0.25, -0.2) is 26.9 Å². The molecule has 0 spiro atoms. The molecule has 4 N–H and O–H groups in total. The van der Waals surface area contributed by atoms with E-state index >= 15 is 0 Å². The van der Waals surface area contributed by atoms with Gasteiger partial charge in [-0.05, 0) is 51.7 Å². The molecule has 4 aliphatic rings. The van der Waals surface area contributed by atoms with E-state index in [9.17, 15) is 17.6 Å². The third-order valence-electron chi connectivity index (χ3n) is 12.6. The number of nitrogens with zero attached hydrogens (tertiary/aromatic N) is 10. The van der Waals surface area contributed by atoms with Crippen LogP contribution in [0.15, 0.2) is 36.9 Å². The number of halogens is 6. The number of aromatic amines is 2. The molecular weight excluding hydrogens is 911 g/mol. The molecule has 6 aromatic rings. The van der Waals surface area contributed by atoms with Crippen molar-refractivity contribution < 1.29 is 36.5 Å². The van der Waals surface area contributed by atoms with Gasteiger partial charge < -0.3 is 39.5 Å². The highest BCUT2D eigenvalue weighted by molar-refractivity contribution is 6.32. The predicted molar refractivity (Wildman–Crippen MR) is 239 cm³/mol. The summed E-state index contributed by atoms with van der Waals surface area (Å²) in [6, 6.07) is 1.47. The second-order valence-electron chi connectivity index (χ2n) is 16.6. The van der Waals surface area contributed by atoms with Crippen LogP contribution in [0.2, 0.25) is 10.3 Å². The number of hydrogen-bond acceptors (Lipinski definition) is 14. The molecule has 6 aromatic heterocycles. The Kier molecular flexibility index (Phi) is 13.8. The molecule has 24 heteroatoms. The SMILES string of the molecule is CCOc1nc(Nc2cnn(C3CC(N4CCOCC4)CCC3(F)F)c2Cl)nc2[nH]ccc12.CCOc1nc(Nc2cnn(C3CC(N4CCOCC4)CCC3(F)F)c2Cl)nc2[nH]ccc12. The number of anilines is 4. The number of H-pyrrole nitrogens is 2. The first-order valence-electron chi connectivity index (χ1n) is 22.3. The summed E-state index contributed by atoms with van der Waals surface area (Å²) in [5.41, 5.74) is 1.89. The summed E-state index contributed by atoms with van der Waals surface area (Å²) >= 11 is 13.1. The zero-order chi connectivity index (χ0) is 46.0. The van der Waals surface area contributed by atoms with Gasteiger partial charge >= 0.3 is 0 Å².